The monoisotopic (exact) mass is 232 g/mol. The Kier molecular flexibility index (Phi) is 2.87. The van der Waals surface area contributed by atoms with Crippen LogP contribution in [0.1, 0.15) is 10.4 Å². The van der Waals surface area contributed by atoms with Crippen LogP contribution >= 0.6 is 0 Å². The van der Waals surface area contributed by atoms with Crippen LogP contribution in [0.4, 0.5) is 0 Å². The lowest BCUT2D eigenvalue weighted by Gasteiger charge is -2.08. The van der Waals surface area contributed by atoms with Gasteiger partial charge in [0.2, 0.25) is 0 Å². The minimum Gasteiger partial charge on any atom is -0.497 e. The van der Waals surface area contributed by atoms with Crippen molar-refractivity contribution in [3.63, 3.8) is 0 Å². The smallest absolute Gasteiger partial charge is 0.335 e. The molecule has 0 amide bonds. The van der Waals surface area contributed by atoms with Crippen LogP contribution in [0.2, 0.25) is 0 Å². The van der Waals surface area contributed by atoms with E-state index < -0.39 is 5.97 Å². The van der Waals surface area contributed by atoms with Crippen LogP contribution in [-0.4, -0.2) is 25.3 Å². The first kappa shape index (κ1) is 11.3. The predicted octanol–water partition coefficient (Wildman–Crippen LogP) is 2.56. The highest BCUT2D eigenvalue weighted by atomic mass is 16.5. The van der Waals surface area contributed by atoms with Gasteiger partial charge in [-0.3, -0.25) is 0 Å². The molecule has 0 spiro atoms. The molecule has 0 aromatic heterocycles. The number of fused-ring (bicyclic) bond motifs is 1. The topological polar surface area (TPSA) is 55.8 Å². The highest BCUT2D eigenvalue weighted by molar-refractivity contribution is 5.98. The fourth-order valence-corrected chi connectivity index (χ4v) is 1.72. The Morgan fingerprint density at radius 1 is 1.12 bits per heavy atom. The highest BCUT2D eigenvalue weighted by Crippen LogP contribution is 2.30. The molecule has 0 saturated heterocycles. The van der Waals surface area contributed by atoms with Gasteiger partial charge in [0.15, 0.2) is 0 Å². The number of hydrogen-bond acceptors (Lipinski definition) is 3. The Morgan fingerprint density at radius 2 is 1.88 bits per heavy atom. The third-order valence-electron chi connectivity index (χ3n) is 2.59. The lowest BCUT2D eigenvalue weighted by molar-refractivity contribution is 0.0696. The van der Waals surface area contributed by atoms with Crippen LogP contribution < -0.4 is 9.47 Å². The number of rotatable bonds is 3. The molecule has 0 aliphatic carbocycles. The minimum atomic E-state index is -0.971. The molecule has 1 N–H and O–H groups in total. The molecule has 0 unspecified atom stereocenters. The average Bonchev–Trinajstić information content (AvgIpc) is 2.36. The van der Waals surface area contributed by atoms with Crippen LogP contribution in [0, 0.1) is 0 Å². The first-order valence-corrected chi connectivity index (χ1v) is 5.05. The van der Waals surface area contributed by atoms with E-state index in [1.165, 1.54) is 13.2 Å². The zero-order valence-corrected chi connectivity index (χ0v) is 9.56. The molecule has 4 heteroatoms. The molecule has 0 saturated carbocycles. The third kappa shape index (κ3) is 2.01. The van der Waals surface area contributed by atoms with E-state index in [1.807, 2.05) is 12.1 Å². The van der Waals surface area contributed by atoms with Gasteiger partial charge < -0.3 is 14.6 Å². The summed E-state index contributed by atoms with van der Waals surface area (Å²) >= 11 is 0. The Morgan fingerprint density at radius 3 is 2.47 bits per heavy atom. The zero-order chi connectivity index (χ0) is 12.4. The molecular weight excluding hydrogens is 220 g/mol. The summed E-state index contributed by atoms with van der Waals surface area (Å²) in [7, 11) is 3.10. The van der Waals surface area contributed by atoms with Gasteiger partial charge in [0.25, 0.3) is 0 Å². The summed E-state index contributed by atoms with van der Waals surface area (Å²) in [6.07, 6.45) is 0. The number of ether oxygens (including phenoxy) is 2. The largest absolute Gasteiger partial charge is 0.497 e. The molecular formula is C13H12O4. The molecule has 0 radical (unpaired) electrons. The van der Waals surface area contributed by atoms with Gasteiger partial charge in [-0.25, -0.2) is 4.79 Å². The summed E-state index contributed by atoms with van der Waals surface area (Å²) in [5.74, 6) is 0.263. The molecule has 2 rings (SSSR count). The predicted molar refractivity (Wildman–Crippen MR) is 64.0 cm³/mol. The number of benzene rings is 2. The molecule has 4 nitrogen and oxygen atoms in total. The fourth-order valence-electron chi connectivity index (χ4n) is 1.72. The van der Waals surface area contributed by atoms with Gasteiger partial charge >= 0.3 is 5.97 Å². The van der Waals surface area contributed by atoms with Gasteiger partial charge in [-0.15, -0.1) is 0 Å². The molecule has 2 aromatic rings. The molecule has 0 aliphatic heterocycles. The van der Waals surface area contributed by atoms with Crippen molar-refractivity contribution in [2.75, 3.05) is 14.2 Å². The van der Waals surface area contributed by atoms with Crippen molar-refractivity contribution >= 4 is 16.7 Å². The summed E-state index contributed by atoms with van der Waals surface area (Å²) in [5, 5.41) is 10.6. The minimum absolute atomic E-state index is 0.208. The zero-order valence-electron chi connectivity index (χ0n) is 9.56. The molecule has 2 aromatic carbocycles. The van der Waals surface area contributed by atoms with Gasteiger partial charge in [-0.1, -0.05) is 6.07 Å². The number of carbonyl (C=O) groups is 1. The molecule has 88 valence electrons. The summed E-state index contributed by atoms with van der Waals surface area (Å²) in [6, 6.07) is 8.53. The Labute approximate surface area is 98.4 Å². The van der Waals surface area contributed by atoms with Crippen molar-refractivity contribution in [3.8, 4) is 11.5 Å². The van der Waals surface area contributed by atoms with Gasteiger partial charge in [0.05, 0.1) is 19.8 Å². The number of hydrogen-bond donors (Lipinski definition) is 1. The standard InChI is InChI=1S/C13H12O4/c1-16-10-4-3-8-5-9(13(14)15)6-12(17-2)11(8)7-10/h3-7H,1-2H3,(H,14,15). The van der Waals surface area contributed by atoms with E-state index >= 15 is 0 Å². The van der Waals surface area contributed by atoms with Crippen molar-refractivity contribution < 1.29 is 19.4 Å². The van der Waals surface area contributed by atoms with Gasteiger partial charge in [-0.2, -0.15) is 0 Å². The first-order chi connectivity index (χ1) is 8.15. The van der Waals surface area contributed by atoms with E-state index in [9.17, 15) is 4.79 Å². The molecule has 0 aliphatic rings. The Hall–Kier alpha value is -2.23. The highest BCUT2D eigenvalue weighted by Gasteiger charge is 2.10. The normalized spacial score (nSPS) is 10.2. The summed E-state index contributed by atoms with van der Waals surface area (Å²) in [6.45, 7) is 0. The molecule has 0 heterocycles. The second-order valence-electron chi connectivity index (χ2n) is 3.57. The van der Waals surface area contributed by atoms with E-state index in [-0.39, 0.29) is 5.56 Å². The van der Waals surface area contributed by atoms with Crippen LogP contribution in [-0.2, 0) is 0 Å². The Balaban J connectivity index is 2.72. The quantitative estimate of drug-likeness (QED) is 0.883. The summed E-state index contributed by atoms with van der Waals surface area (Å²) in [5.41, 5.74) is 0.208. The van der Waals surface area contributed by atoms with E-state index in [1.54, 1.807) is 19.2 Å². The number of carboxylic acid groups (broad SMARTS) is 1. The number of carboxylic acids is 1. The van der Waals surface area contributed by atoms with Crippen LogP contribution in [0.5, 0.6) is 11.5 Å². The maximum Gasteiger partial charge on any atom is 0.335 e. The van der Waals surface area contributed by atoms with Crippen molar-refractivity contribution in [1.29, 1.82) is 0 Å². The van der Waals surface area contributed by atoms with Gasteiger partial charge in [-0.05, 0) is 29.7 Å². The molecule has 0 atom stereocenters. The van der Waals surface area contributed by atoms with Crippen molar-refractivity contribution in [2.45, 2.75) is 0 Å². The van der Waals surface area contributed by atoms with Crippen molar-refractivity contribution in [2.24, 2.45) is 0 Å². The summed E-state index contributed by atoms with van der Waals surface area (Å²) < 4.78 is 10.3. The van der Waals surface area contributed by atoms with Crippen molar-refractivity contribution in [3.05, 3.63) is 35.9 Å². The number of methoxy groups -OCH3 is 2. The third-order valence-corrected chi connectivity index (χ3v) is 2.59. The average molecular weight is 232 g/mol. The maximum atomic E-state index is 11.0. The van der Waals surface area contributed by atoms with Gasteiger partial charge in [0, 0.05) is 5.39 Å². The second kappa shape index (κ2) is 4.33. The van der Waals surface area contributed by atoms with Crippen molar-refractivity contribution in [1.82, 2.24) is 0 Å². The maximum absolute atomic E-state index is 11.0. The SMILES string of the molecule is COc1ccc2cc(C(=O)O)cc(OC)c2c1. The van der Waals surface area contributed by atoms with E-state index in [0.29, 0.717) is 11.5 Å². The van der Waals surface area contributed by atoms with Gasteiger partial charge in [0.1, 0.15) is 11.5 Å². The summed E-state index contributed by atoms with van der Waals surface area (Å²) in [4.78, 5) is 11.0. The fraction of sp³-hybridized carbons (Fsp3) is 0.154. The van der Waals surface area contributed by atoms with E-state index in [4.69, 9.17) is 14.6 Å². The first-order valence-electron chi connectivity index (χ1n) is 5.05. The second-order valence-corrected chi connectivity index (χ2v) is 3.57. The van der Waals surface area contributed by atoms with E-state index in [0.717, 1.165) is 10.8 Å². The van der Waals surface area contributed by atoms with Crippen LogP contribution in [0.3, 0.4) is 0 Å². The van der Waals surface area contributed by atoms with Crippen LogP contribution in [0.15, 0.2) is 30.3 Å². The molecule has 0 fully saturated rings. The molecule has 17 heavy (non-hydrogen) atoms. The lowest BCUT2D eigenvalue weighted by Crippen LogP contribution is -1.97. The number of aromatic carboxylic acids is 1. The van der Waals surface area contributed by atoms with E-state index in [2.05, 4.69) is 0 Å². The molecule has 0 bridgehead atoms. The lowest BCUT2D eigenvalue weighted by atomic mass is 10.1. The van der Waals surface area contributed by atoms with Crippen LogP contribution in [0.25, 0.3) is 10.8 Å². The Bertz CT molecular complexity index is 575.